The number of hydrogen-bond acceptors (Lipinski definition) is 6. The van der Waals surface area contributed by atoms with Crippen molar-refractivity contribution in [2.24, 2.45) is 11.3 Å². The van der Waals surface area contributed by atoms with Crippen molar-refractivity contribution in [3.63, 3.8) is 0 Å². The van der Waals surface area contributed by atoms with Crippen LogP contribution >= 0.6 is 0 Å². The average molecular weight is 344 g/mol. The van der Waals surface area contributed by atoms with E-state index < -0.39 is 37.3 Å². The molecule has 0 amide bonds. The van der Waals surface area contributed by atoms with E-state index in [4.69, 9.17) is 9.47 Å². The van der Waals surface area contributed by atoms with Crippen molar-refractivity contribution in [1.29, 1.82) is 0 Å². The highest BCUT2D eigenvalue weighted by molar-refractivity contribution is 5.00. The summed E-state index contributed by atoms with van der Waals surface area (Å²) in [5.74, 6) is 0.493. The van der Waals surface area contributed by atoms with Crippen LogP contribution < -0.4 is 0 Å². The molecule has 24 heavy (non-hydrogen) atoms. The zero-order valence-corrected chi connectivity index (χ0v) is 14.8. The lowest BCUT2D eigenvalue weighted by Gasteiger charge is -2.40. The molecular weight excluding hydrogens is 312 g/mol. The molecule has 6 heteroatoms. The molecule has 2 rings (SSSR count). The van der Waals surface area contributed by atoms with E-state index in [0.29, 0.717) is 5.92 Å². The van der Waals surface area contributed by atoms with Crippen molar-refractivity contribution in [3.8, 4) is 0 Å². The normalized spacial score (nSPS) is 41.5. The summed E-state index contributed by atoms with van der Waals surface area (Å²) in [4.78, 5) is 0. The van der Waals surface area contributed by atoms with Gasteiger partial charge in [-0.3, -0.25) is 0 Å². The predicted octanol–water partition coefficient (Wildman–Crippen LogP) is 0.964. The second-order valence-electron chi connectivity index (χ2n) is 7.76. The summed E-state index contributed by atoms with van der Waals surface area (Å²) in [6.07, 6.45) is 2.55. The summed E-state index contributed by atoms with van der Waals surface area (Å²) >= 11 is 0. The van der Waals surface area contributed by atoms with Crippen LogP contribution in [0, 0.1) is 11.3 Å². The topological polar surface area (TPSA) is 99.4 Å². The van der Waals surface area contributed by atoms with Crippen LogP contribution in [-0.2, 0) is 9.47 Å². The summed E-state index contributed by atoms with van der Waals surface area (Å²) in [5.41, 5.74) is 0.275. The second kappa shape index (κ2) is 8.25. The number of hydrogen-bond donors (Lipinski definition) is 4. The van der Waals surface area contributed by atoms with E-state index in [2.05, 4.69) is 19.9 Å². The van der Waals surface area contributed by atoms with E-state index in [1.165, 1.54) is 19.3 Å². The summed E-state index contributed by atoms with van der Waals surface area (Å²) in [7, 11) is 0. The molecule has 0 aromatic carbocycles. The summed E-state index contributed by atoms with van der Waals surface area (Å²) < 4.78 is 11.0. The molecule has 6 nitrogen and oxygen atoms in total. The Morgan fingerprint density at radius 2 is 1.88 bits per heavy atom. The zero-order chi connectivity index (χ0) is 17.9. The fraction of sp³-hybridized carbons (Fsp3) is 0.889. The molecule has 0 radical (unpaired) electrons. The predicted molar refractivity (Wildman–Crippen MR) is 89.2 cm³/mol. The van der Waals surface area contributed by atoms with Gasteiger partial charge in [-0.1, -0.05) is 38.8 Å². The van der Waals surface area contributed by atoms with Gasteiger partial charge in [-0.2, -0.15) is 0 Å². The smallest absolute Gasteiger partial charge is 0.187 e. The van der Waals surface area contributed by atoms with Gasteiger partial charge in [0.1, 0.15) is 24.4 Å². The molecule has 1 heterocycles. The van der Waals surface area contributed by atoms with Crippen molar-refractivity contribution < 1.29 is 29.9 Å². The SMILES string of the molecule is C[C@@H](/C=C\C1CCCCC1(C)C)O[C@@H]1O[C@H](CO)[C@@H](O)[C@H](O)[C@H]1O. The van der Waals surface area contributed by atoms with Gasteiger partial charge in [-0.15, -0.1) is 0 Å². The van der Waals surface area contributed by atoms with Gasteiger partial charge < -0.3 is 29.9 Å². The molecule has 2 aliphatic rings. The third-order valence-electron chi connectivity index (χ3n) is 5.40. The van der Waals surface area contributed by atoms with Crippen LogP contribution in [0.15, 0.2) is 12.2 Å². The maximum absolute atomic E-state index is 10.0. The van der Waals surface area contributed by atoms with E-state index in [1.54, 1.807) is 0 Å². The highest BCUT2D eigenvalue weighted by atomic mass is 16.7. The standard InChI is InChI=1S/C18H32O6/c1-11(7-8-12-6-4-5-9-18(12,2)3)23-17-16(22)15(21)14(20)13(10-19)24-17/h7-8,11-17,19-22H,4-6,9-10H2,1-3H3/b8-7-/t11-,12?,13+,14+,15-,16+,17+/m0/s1. The van der Waals surface area contributed by atoms with Crippen LogP contribution in [0.4, 0.5) is 0 Å². The zero-order valence-electron chi connectivity index (χ0n) is 14.8. The Hall–Kier alpha value is -0.500. The molecule has 7 atom stereocenters. The lowest BCUT2D eigenvalue weighted by Crippen LogP contribution is -2.59. The van der Waals surface area contributed by atoms with Gasteiger partial charge in [0.2, 0.25) is 0 Å². The number of aliphatic hydroxyl groups excluding tert-OH is 4. The van der Waals surface area contributed by atoms with Crippen LogP contribution in [-0.4, -0.2) is 63.8 Å². The van der Waals surface area contributed by atoms with Crippen LogP contribution in [0.5, 0.6) is 0 Å². The van der Waals surface area contributed by atoms with Gasteiger partial charge in [0.25, 0.3) is 0 Å². The molecule has 1 saturated carbocycles. The van der Waals surface area contributed by atoms with Gasteiger partial charge in [0.15, 0.2) is 6.29 Å². The summed E-state index contributed by atoms with van der Waals surface area (Å²) in [6.45, 7) is 5.95. The van der Waals surface area contributed by atoms with Crippen molar-refractivity contribution in [3.05, 3.63) is 12.2 Å². The quantitative estimate of drug-likeness (QED) is 0.555. The molecule has 140 valence electrons. The Bertz CT molecular complexity index is 422. The van der Waals surface area contributed by atoms with Gasteiger partial charge in [0, 0.05) is 0 Å². The molecule has 0 aromatic rings. The highest BCUT2D eigenvalue weighted by Gasteiger charge is 2.44. The van der Waals surface area contributed by atoms with Gasteiger partial charge in [-0.25, -0.2) is 0 Å². The van der Waals surface area contributed by atoms with E-state index in [1.807, 2.05) is 13.0 Å². The highest BCUT2D eigenvalue weighted by Crippen LogP contribution is 2.41. The molecule has 0 bridgehead atoms. The molecule has 0 aromatic heterocycles. The molecule has 1 aliphatic heterocycles. The minimum Gasteiger partial charge on any atom is -0.394 e. The monoisotopic (exact) mass is 344 g/mol. The van der Waals surface area contributed by atoms with Gasteiger partial charge >= 0.3 is 0 Å². The third kappa shape index (κ3) is 4.56. The number of ether oxygens (including phenoxy) is 2. The number of aliphatic hydroxyl groups is 4. The second-order valence-corrected chi connectivity index (χ2v) is 7.76. The summed E-state index contributed by atoms with van der Waals surface area (Å²) in [6, 6.07) is 0. The molecule has 2 fully saturated rings. The fourth-order valence-corrected chi connectivity index (χ4v) is 3.61. The molecular formula is C18H32O6. The van der Waals surface area contributed by atoms with E-state index in [-0.39, 0.29) is 11.5 Å². The first-order chi connectivity index (χ1) is 11.3. The Morgan fingerprint density at radius 1 is 1.17 bits per heavy atom. The minimum atomic E-state index is -1.41. The maximum atomic E-state index is 10.0. The molecule has 4 N–H and O–H groups in total. The number of rotatable bonds is 5. The largest absolute Gasteiger partial charge is 0.394 e. The van der Waals surface area contributed by atoms with Crippen molar-refractivity contribution >= 4 is 0 Å². The van der Waals surface area contributed by atoms with Crippen LogP contribution in [0.1, 0.15) is 46.5 Å². The van der Waals surface area contributed by atoms with Crippen molar-refractivity contribution in [2.45, 2.75) is 83.3 Å². The lowest BCUT2D eigenvalue weighted by atomic mass is 9.69. The third-order valence-corrected chi connectivity index (χ3v) is 5.40. The first-order valence-electron chi connectivity index (χ1n) is 8.90. The Balaban J connectivity index is 1.93. The average Bonchev–Trinajstić information content (AvgIpc) is 2.54. The van der Waals surface area contributed by atoms with Gasteiger partial charge in [-0.05, 0) is 31.1 Å². The maximum Gasteiger partial charge on any atom is 0.187 e. The minimum absolute atomic E-state index is 0.275. The Morgan fingerprint density at radius 3 is 2.50 bits per heavy atom. The fourth-order valence-electron chi connectivity index (χ4n) is 3.61. The molecule has 1 aliphatic carbocycles. The number of allylic oxidation sites excluding steroid dienone is 1. The molecule has 1 saturated heterocycles. The van der Waals surface area contributed by atoms with Crippen LogP contribution in [0.25, 0.3) is 0 Å². The summed E-state index contributed by atoms with van der Waals surface area (Å²) in [5, 5.41) is 38.8. The van der Waals surface area contributed by atoms with Crippen LogP contribution in [0.2, 0.25) is 0 Å². The van der Waals surface area contributed by atoms with Crippen LogP contribution in [0.3, 0.4) is 0 Å². The Labute approximate surface area is 144 Å². The van der Waals surface area contributed by atoms with E-state index in [9.17, 15) is 20.4 Å². The van der Waals surface area contributed by atoms with E-state index in [0.717, 1.165) is 6.42 Å². The molecule has 0 spiro atoms. The van der Waals surface area contributed by atoms with E-state index >= 15 is 0 Å². The van der Waals surface area contributed by atoms with Crippen molar-refractivity contribution in [1.82, 2.24) is 0 Å². The first-order valence-corrected chi connectivity index (χ1v) is 8.90. The first kappa shape index (κ1) is 19.8. The molecule has 1 unspecified atom stereocenters. The van der Waals surface area contributed by atoms with Gasteiger partial charge in [0.05, 0.1) is 12.7 Å². The van der Waals surface area contributed by atoms with Crippen molar-refractivity contribution in [2.75, 3.05) is 6.61 Å². The lowest BCUT2D eigenvalue weighted by molar-refractivity contribution is -0.306. The Kier molecular flexibility index (Phi) is 6.82.